The Morgan fingerprint density at radius 1 is 1.24 bits per heavy atom. The monoisotopic (exact) mass is 498 g/mol. The zero-order valence-electron chi connectivity index (χ0n) is 22.1. The molecule has 37 heavy (non-hydrogen) atoms. The van der Waals surface area contributed by atoms with Crippen LogP contribution in [0.3, 0.4) is 0 Å². The number of likely N-dealkylation sites (tertiary alicyclic amines) is 1. The van der Waals surface area contributed by atoms with Gasteiger partial charge in [-0.05, 0) is 82.4 Å². The molecule has 2 atom stereocenters. The number of pyridine rings is 1. The van der Waals surface area contributed by atoms with Crippen LogP contribution >= 0.6 is 0 Å². The summed E-state index contributed by atoms with van der Waals surface area (Å²) in [5, 5.41) is 0. The quantitative estimate of drug-likeness (QED) is 0.424. The van der Waals surface area contributed by atoms with E-state index in [4.69, 9.17) is 11.3 Å². The number of hydrogen-bond acceptors (Lipinski definition) is 5. The minimum atomic E-state index is -0.239. The molecule has 0 saturated carbocycles. The van der Waals surface area contributed by atoms with Crippen LogP contribution in [0, 0.1) is 13.5 Å². The number of hydrogen-bond donors (Lipinski definition) is 0. The Labute approximate surface area is 218 Å². The molecule has 0 radical (unpaired) electrons. The van der Waals surface area contributed by atoms with Gasteiger partial charge in [0, 0.05) is 43.3 Å². The second kappa shape index (κ2) is 10.3. The lowest BCUT2D eigenvalue weighted by Crippen LogP contribution is -2.40. The largest absolute Gasteiger partial charge is 0.505 e. The molecule has 2 aliphatic heterocycles. The van der Waals surface area contributed by atoms with E-state index in [1.165, 1.54) is 17.5 Å². The first-order valence-corrected chi connectivity index (χ1v) is 13.1. The van der Waals surface area contributed by atoms with E-state index in [0.717, 1.165) is 42.0 Å². The zero-order valence-corrected chi connectivity index (χ0v) is 22.1. The summed E-state index contributed by atoms with van der Waals surface area (Å²) in [5.41, 5.74) is 5.52. The Bertz CT molecular complexity index is 1360. The average molecular weight is 499 g/mol. The molecular formula is C29H34N6O2. The molecule has 1 fully saturated rings. The smallest absolute Gasteiger partial charge is 0.254 e. The maximum atomic E-state index is 14.0. The predicted octanol–water partition coefficient (Wildman–Crippen LogP) is 5.11. The van der Waals surface area contributed by atoms with Gasteiger partial charge in [0.15, 0.2) is 0 Å². The summed E-state index contributed by atoms with van der Waals surface area (Å²) in [4.78, 5) is 30.8. The van der Waals surface area contributed by atoms with Gasteiger partial charge in [0.25, 0.3) is 5.91 Å². The third kappa shape index (κ3) is 4.72. The number of amides is 1. The topological polar surface area (TPSA) is 67.9 Å². The highest BCUT2D eigenvalue weighted by Crippen LogP contribution is 2.38. The second-order valence-corrected chi connectivity index (χ2v) is 10.00. The number of rotatable bonds is 7. The van der Waals surface area contributed by atoms with E-state index >= 15 is 0 Å². The van der Waals surface area contributed by atoms with Gasteiger partial charge < -0.3 is 14.2 Å². The lowest BCUT2D eigenvalue weighted by Gasteiger charge is -2.36. The molecule has 1 aromatic carbocycles. The summed E-state index contributed by atoms with van der Waals surface area (Å²) in [6, 6.07) is 6.30. The fourth-order valence-corrected chi connectivity index (χ4v) is 5.73. The molecule has 0 N–H and O–H groups in total. The van der Waals surface area contributed by atoms with Crippen molar-refractivity contribution in [3.05, 3.63) is 82.0 Å². The standard InChI is InChI=1S/C29H34N6O2/c1-6-37-28-16-25(32-17-26(28)30-4)19(2)35-12-9-22-23(27-8-7-11-33(27)5)14-21(15-24(22)29(35)36)18-34-13-10-31-20(34)3/h10,13-17,19,27H,6-9,11-12,18H2,1-3,5H3/t19-,27-/m0/s1. The SMILES string of the molecule is [C-]#[N+]c1cnc([C@H](C)N2CCc3c(cc(Cn4ccnc4C)cc3[C@@H]3CCCN3C)C2=O)cc1OCC. The highest BCUT2D eigenvalue weighted by atomic mass is 16.5. The maximum absolute atomic E-state index is 14.0. The van der Waals surface area contributed by atoms with Crippen LogP contribution in [-0.4, -0.2) is 57.0 Å². The first-order chi connectivity index (χ1) is 17.9. The zero-order chi connectivity index (χ0) is 26.1. The van der Waals surface area contributed by atoms with Crippen molar-refractivity contribution in [2.45, 2.75) is 58.7 Å². The Morgan fingerprint density at radius 2 is 2.08 bits per heavy atom. The van der Waals surface area contributed by atoms with Crippen molar-refractivity contribution in [2.75, 3.05) is 26.7 Å². The first-order valence-electron chi connectivity index (χ1n) is 13.1. The summed E-state index contributed by atoms with van der Waals surface area (Å²) in [6.45, 7) is 16.1. The molecule has 1 saturated heterocycles. The summed E-state index contributed by atoms with van der Waals surface area (Å²) in [6.07, 6.45) is 8.45. The van der Waals surface area contributed by atoms with Gasteiger partial charge in [0.05, 0.1) is 24.9 Å². The number of nitrogens with zero attached hydrogens (tertiary/aromatic N) is 6. The van der Waals surface area contributed by atoms with Crippen molar-refractivity contribution in [2.24, 2.45) is 0 Å². The van der Waals surface area contributed by atoms with Crippen molar-refractivity contribution in [3.63, 3.8) is 0 Å². The highest BCUT2D eigenvalue weighted by Gasteiger charge is 2.34. The summed E-state index contributed by atoms with van der Waals surface area (Å²) in [7, 11) is 2.18. The number of fused-ring (bicyclic) bond motifs is 1. The normalized spacial score (nSPS) is 18.5. The average Bonchev–Trinajstić information content (AvgIpc) is 3.51. The van der Waals surface area contributed by atoms with E-state index < -0.39 is 0 Å². The summed E-state index contributed by atoms with van der Waals surface area (Å²) >= 11 is 0. The number of ether oxygens (including phenoxy) is 1. The highest BCUT2D eigenvalue weighted by molar-refractivity contribution is 5.97. The Kier molecular flexibility index (Phi) is 6.98. The van der Waals surface area contributed by atoms with E-state index in [2.05, 4.69) is 43.5 Å². The van der Waals surface area contributed by atoms with Crippen LogP contribution in [-0.2, 0) is 13.0 Å². The lowest BCUT2D eigenvalue weighted by atomic mass is 9.87. The van der Waals surface area contributed by atoms with Crippen LogP contribution in [0.2, 0.25) is 0 Å². The van der Waals surface area contributed by atoms with Crippen LogP contribution in [0.5, 0.6) is 5.75 Å². The van der Waals surface area contributed by atoms with Gasteiger partial charge in [-0.25, -0.2) is 9.83 Å². The van der Waals surface area contributed by atoms with Crippen molar-refractivity contribution >= 4 is 11.6 Å². The Balaban J connectivity index is 1.51. The minimum absolute atomic E-state index is 0.0360. The molecule has 0 aliphatic carbocycles. The third-order valence-electron chi connectivity index (χ3n) is 7.78. The van der Waals surface area contributed by atoms with Gasteiger partial charge >= 0.3 is 0 Å². The lowest BCUT2D eigenvalue weighted by molar-refractivity contribution is 0.0667. The maximum Gasteiger partial charge on any atom is 0.254 e. The van der Waals surface area contributed by atoms with Crippen molar-refractivity contribution in [1.29, 1.82) is 0 Å². The van der Waals surface area contributed by atoms with Crippen LogP contribution < -0.4 is 4.74 Å². The third-order valence-corrected chi connectivity index (χ3v) is 7.78. The molecule has 2 aliphatic rings. The van der Waals surface area contributed by atoms with E-state index in [0.29, 0.717) is 37.2 Å². The number of aryl methyl sites for hydroxylation is 1. The number of carbonyl (C=O) groups excluding carboxylic acids is 1. The van der Waals surface area contributed by atoms with Gasteiger partial charge in [-0.2, -0.15) is 0 Å². The molecule has 8 heteroatoms. The molecule has 0 bridgehead atoms. The van der Waals surface area contributed by atoms with Crippen molar-refractivity contribution < 1.29 is 9.53 Å². The number of imidazole rings is 1. The second-order valence-electron chi connectivity index (χ2n) is 10.00. The molecule has 192 valence electrons. The van der Waals surface area contributed by atoms with E-state index in [9.17, 15) is 4.79 Å². The summed E-state index contributed by atoms with van der Waals surface area (Å²) < 4.78 is 7.80. The molecule has 0 spiro atoms. The fraction of sp³-hybridized carbons (Fsp3) is 0.448. The number of carbonyl (C=O) groups is 1. The van der Waals surface area contributed by atoms with Gasteiger partial charge in [0.1, 0.15) is 11.6 Å². The van der Waals surface area contributed by atoms with Crippen molar-refractivity contribution in [3.8, 4) is 5.75 Å². The van der Waals surface area contributed by atoms with E-state index in [1.807, 2.05) is 44.1 Å². The molecule has 4 heterocycles. The van der Waals surface area contributed by atoms with Gasteiger partial charge in [0.2, 0.25) is 5.69 Å². The van der Waals surface area contributed by atoms with Crippen molar-refractivity contribution in [1.82, 2.24) is 24.3 Å². The molecule has 1 amide bonds. The Hall–Kier alpha value is -3.70. The molecule has 5 rings (SSSR count). The minimum Gasteiger partial charge on any atom is -0.505 e. The molecule has 8 nitrogen and oxygen atoms in total. The van der Waals surface area contributed by atoms with E-state index in [1.54, 1.807) is 6.20 Å². The number of benzene rings is 1. The molecule has 3 aromatic rings. The Morgan fingerprint density at radius 3 is 2.76 bits per heavy atom. The van der Waals surface area contributed by atoms with Gasteiger partial charge in [-0.1, -0.05) is 6.07 Å². The summed E-state index contributed by atoms with van der Waals surface area (Å²) in [5.74, 6) is 1.51. The van der Waals surface area contributed by atoms with E-state index in [-0.39, 0.29) is 11.9 Å². The fourth-order valence-electron chi connectivity index (χ4n) is 5.73. The van der Waals surface area contributed by atoms with Gasteiger partial charge in [-0.15, -0.1) is 0 Å². The molecule has 2 aromatic heterocycles. The molecular weight excluding hydrogens is 464 g/mol. The first kappa shape index (κ1) is 25.0. The molecule has 0 unspecified atom stereocenters. The number of aromatic nitrogens is 3. The van der Waals surface area contributed by atoms with Crippen LogP contribution in [0.25, 0.3) is 4.85 Å². The van der Waals surface area contributed by atoms with Crippen LogP contribution in [0.1, 0.15) is 77.3 Å². The van der Waals surface area contributed by atoms with Crippen LogP contribution in [0.15, 0.2) is 36.8 Å². The van der Waals surface area contributed by atoms with Crippen LogP contribution in [0.4, 0.5) is 5.69 Å². The predicted molar refractivity (Wildman–Crippen MR) is 142 cm³/mol. The van der Waals surface area contributed by atoms with Gasteiger partial charge in [-0.3, -0.25) is 14.7 Å².